The number of hydrogen-bond donors (Lipinski definition) is 1. The lowest BCUT2D eigenvalue weighted by Crippen LogP contribution is -2.43. The van der Waals surface area contributed by atoms with Gasteiger partial charge in [0.1, 0.15) is 6.54 Å². The van der Waals surface area contributed by atoms with Crippen LogP contribution < -0.4 is 16.4 Å². The molecule has 0 aliphatic rings. The van der Waals surface area contributed by atoms with Crippen LogP contribution in [0.1, 0.15) is 12.5 Å². The molecule has 0 saturated heterocycles. The van der Waals surface area contributed by atoms with E-state index in [1.54, 1.807) is 37.3 Å². The first-order chi connectivity index (χ1) is 12.5. The summed E-state index contributed by atoms with van der Waals surface area (Å²) in [5, 5.41) is 3.29. The monoisotopic (exact) mass is 371 g/mol. The Bertz CT molecular complexity index is 1090. The van der Waals surface area contributed by atoms with Gasteiger partial charge in [-0.1, -0.05) is 41.9 Å². The van der Waals surface area contributed by atoms with E-state index in [4.69, 9.17) is 11.6 Å². The molecule has 6 nitrogen and oxygen atoms in total. The van der Waals surface area contributed by atoms with Crippen LogP contribution in [0.3, 0.4) is 0 Å². The van der Waals surface area contributed by atoms with Gasteiger partial charge >= 0.3 is 11.1 Å². The fraction of sp³-hybridized carbons (Fsp3) is 0.211. The van der Waals surface area contributed by atoms with E-state index < -0.39 is 11.1 Å². The van der Waals surface area contributed by atoms with Gasteiger partial charge in [-0.25, -0.2) is 0 Å². The van der Waals surface area contributed by atoms with E-state index in [0.717, 1.165) is 5.56 Å². The number of fused-ring (bicyclic) bond motifs is 1. The molecule has 0 aliphatic heterocycles. The van der Waals surface area contributed by atoms with Gasteiger partial charge in [-0.2, -0.15) is 0 Å². The highest BCUT2D eigenvalue weighted by molar-refractivity contribution is 6.31. The Balaban J connectivity index is 1.90. The minimum Gasteiger partial charge on any atom is -0.350 e. The van der Waals surface area contributed by atoms with Gasteiger partial charge in [-0.15, -0.1) is 0 Å². The minimum absolute atomic E-state index is 0.233. The predicted molar refractivity (Wildman–Crippen MR) is 101 cm³/mol. The lowest BCUT2D eigenvalue weighted by Gasteiger charge is -2.14. The Morgan fingerprint density at radius 3 is 2.19 bits per heavy atom. The van der Waals surface area contributed by atoms with E-state index in [2.05, 4.69) is 5.32 Å². The Labute approximate surface area is 154 Å². The average molecular weight is 372 g/mol. The number of halogens is 1. The van der Waals surface area contributed by atoms with Gasteiger partial charge in [0.15, 0.2) is 0 Å². The van der Waals surface area contributed by atoms with E-state index in [0.29, 0.717) is 22.6 Å². The Kier molecular flexibility index (Phi) is 5.23. The van der Waals surface area contributed by atoms with Crippen LogP contribution in [0.2, 0.25) is 5.02 Å². The quantitative estimate of drug-likeness (QED) is 0.698. The van der Waals surface area contributed by atoms with Crippen molar-refractivity contribution in [3.63, 3.8) is 0 Å². The largest absolute Gasteiger partial charge is 0.350 e. The summed E-state index contributed by atoms with van der Waals surface area (Å²) < 4.78 is 2.63. The summed E-state index contributed by atoms with van der Waals surface area (Å²) in [6.07, 6.45) is 0. The highest BCUT2D eigenvalue weighted by Gasteiger charge is 2.14. The Hall–Kier alpha value is -2.86. The van der Waals surface area contributed by atoms with Crippen molar-refractivity contribution in [2.24, 2.45) is 0 Å². The zero-order chi connectivity index (χ0) is 18.7. The first-order valence-electron chi connectivity index (χ1n) is 8.25. The van der Waals surface area contributed by atoms with Gasteiger partial charge in [0, 0.05) is 18.1 Å². The smallest absolute Gasteiger partial charge is 0.317 e. The van der Waals surface area contributed by atoms with Crippen molar-refractivity contribution in [3.8, 4) is 0 Å². The minimum atomic E-state index is -0.710. The third-order valence-corrected chi connectivity index (χ3v) is 4.56. The standard InChI is InChI=1S/C19H18ClN3O3/c1-2-22-15-9-5-6-10-16(15)23(19(26)18(22)25)12-17(24)21-11-13-7-3-4-8-14(13)20/h3-10H,2,11-12H2,1H3,(H,21,24). The SMILES string of the molecule is CCn1c(=O)c(=O)n(CC(=O)NCc2ccccc2Cl)c2ccccc21. The molecule has 0 unspecified atom stereocenters. The average Bonchev–Trinajstić information content (AvgIpc) is 2.65. The molecule has 134 valence electrons. The van der Waals surface area contributed by atoms with E-state index in [-0.39, 0.29) is 19.0 Å². The van der Waals surface area contributed by atoms with Gasteiger partial charge < -0.3 is 9.88 Å². The Morgan fingerprint density at radius 2 is 1.54 bits per heavy atom. The van der Waals surface area contributed by atoms with Crippen LogP contribution >= 0.6 is 11.6 Å². The molecule has 3 rings (SSSR count). The molecule has 2 aromatic carbocycles. The molecule has 0 bridgehead atoms. The van der Waals surface area contributed by atoms with Crippen molar-refractivity contribution in [3.05, 3.63) is 79.8 Å². The number of aromatic nitrogens is 2. The second-order valence-corrected chi connectivity index (χ2v) is 6.20. The summed E-state index contributed by atoms with van der Waals surface area (Å²) in [4.78, 5) is 37.1. The molecule has 26 heavy (non-hydrogen) atoms. The van der Waals surface area contributed by atoms with E-state index in [1.807, 2.05) is 18.2 Å². The van der Waals surface area contributed by atoms with Crippen molar-refractivity contribution in [1.82, 2.24) is 14.5 Å². The number of hydrogen-bond acceptors (Lipinski definition) is 3. The van der Waals surface area contributed by atoms with E-state index >= 15 is 0 Å². The van der Waals surface area contributed by atoms with Crippen molar-refractivity contribution >= 4 is 28.5 Å². The molecule has 0 atom stereocenters. The van der Waals surface area contributed by atoms with Gasteiger partial charge in [0.2, 0.25) is 5.91 Å². The van der Waals surface area contributed by atoms with Crippen molar-refractivity contribution in [2.75, 3.05) is 0 Å². The predicted octanol–water partition coefficient (Wildman–Crippen LogP) is 2.15. The molecule has 1 N–H and O–H groups in total. The maximum absolute atomic E-state index is 12.5. The fourth-order valence-electron chi connectivity index (χ4n) is 2.88. The number of nitrogens with zero attached hydrogens (tertiary/aromatic N) is 2. The second kappa shape index (κ2) is 7.58. The topological polar surface area (TPSA) is 73.1 Å². The summed E-state index contributed by atoms with van der Waals surface area (Å²) >= 11 is 6.07. The molecule has 0 radical (unpaired) electrons. The fourth-order valence-corrected chi connectivity index (χ4v) is 3.08. The number of benzene rings is 2. The van der Waals surface area contributed by atoms with Crippen LogP contribution in [0.15, 0.2) is 58.1 Å². The zero-order valence-corrected chi connectivity index (χ0v) is 15.0. The van der Waals surface area contributed by atoms with Crippen LogP contribution in [-0.4, -0.2) is 15.0 Å². The molecule has 0 aliphatic carbocycles. The maximum Gasteiger partial charge on any atom is 0.317 e. The molecule has 0 spiro atoms. The van der Waals surface area contributed by atoms with Crippen LogP contribution in [0.25, 0.3) is 11.0 Å². The number of para-hydroxylation sites is 2. The summed E-state index contributed by atoms with van der Waals surface area (Å²) in [5.41, 5.74) is 0.606. The van der Waals surface area contributed by atoms with Crippen LogP contribution in [0.4, 0.5) is 0 Å². The van der Waals surface area contributed by atoms with Crippen molar-refractivity contribution in [2.45, 2.75) is 26.6 Å². The van der Waals surface area contributed by atoms with Crippen LogP contribution in [-0.2, 0) is 24.4 Å². The Morgan fingerprint density at radius 1 is 0.962 bits per heavy atom. The number of amides is 1. The molecule has 1 aromatic heterocycles. The molecule has 0 saturated carbocycles. The number of carbonyl (C=O) groups excluding carboxylic acids is 1. The highest BCUT2D eigenvalue weighted by atomic mass is 35.5. The summed E-state index contributed by atoms with van der Waals surface area (Å²) in [5.74, 6) is -0.370. The van der Waals surface area contributed by atoms with Crippen molar-refractivity contribution in [1.29, 1.82) is 0 Å². The third-order valence-electron chi connectivity index (χ3n) is 4.19. The number of carbonyl (C=O) groups is 1. The van der Waals surface area contributed by atoms with Gasteiger partial charge in [0.05, 0.1) is 11.0 Å². The van der Waals surface area contributed by atoms with Gasteiger partial charge in [0.25, 0.3) is 0 Å². The summed E-state index contributed by atoms with van der Waals surface area (Å²) in [7, 11) is 0. The van der Waals surface area contributed by atoms with E-state index in [9.17, 15) is 14.4 Å². The van der Waals surface area contributed by atoms with Crippen molar-refractivity contribution < 1.29 is 4.79 Å². The summed E-state index contributed by atoms with van der Waals surface area (Å²) in [6.45, 7) is 2.20. The molecular weight excluding hydrogens is 354 g/mol. The third kappa shape index (κ3) is 3.41. The van der Waals surface area contributed by atoms with Crippen LogP contribution in [0, 0.1) is 0 Å². The zero-order valence-electron chi connectivity index (χ0n) is 14.2. The normalized spacial score (nSPS) is 10.8. The van der Waals surface area contributed by atoms with Crippen LogP contribution in [0.5, 0.6) is 0 Å². The number of nitrogens with one attached hydrogen (secondary N) is 1. The van der Waals surface area contributed by atoms with Gasteiger partial charge in [-0.05, 0) is 30.7 Å². The summed E-state index contributed by atoms with van der Waals surface area (Å²) in [6, 6.07) is 14.2. The molecule has 0 fully saturated rings. The maximum atomic E-state index is 12.5. The first kappa shape index (κ1) is 17.9. The second-order valence-electron chi connectivity index (χ2n) is 5.80. The van der Waals surface area contributed by atoms with Gasteiger partial charge in [-0.3, -0.25) is 19.0 Å². The van der Waals surface area contributed by atoms with E-state index in [1.165, 1.54) is 9.13 Å². The molecular formula is C19H18ClN3O3. The molecule has 1 heterocycles. The lowest BCUT2D eigenvalue weighted by molar-refractivity contribution is -0.121. The first-order valence-corrected chi connectivity index (χ1v) is 8.63. The highest BCUT2D eigenvalue weighted by Crippen LogP contribution is 2.14. The lowest BCUT2D eigenvalue weighted by atomic mass is 10.2. The molecule has 7 heteroatoms. The number of aryl methyl sites for hydroxylation is 1. The number of rotatable bonds is 5. The molecule has 3 aromatic rings. The molecule has 1 amide bonds.